The van der Waals surface area contributed by atoms with E-state index in [1.165, 1.54) is 11.9 Å². The van der Waals surface area contributed by atoms with Crippen molar-refractivity contribution in [2.45, 2.75) is 38.0 Å². The molecule has 0 aromatic heterocycles. The molecule has 1 amide bonds. The lowest BCUT2D eigenvalue weighted by atomic mass is 9.78. The number of carbonyl (C=O) groups is 1. The number of para-hydroxylation sites is 2. The van der Waals surface area contributed by atoms with Crippen LogP contribution in [-0.2, 0) is 4.79 Å². The van der Waals surface area contributed by atoms with Gasteiger partial charge in [-0.2, -0.15) is 13.2 Å². The fraction of sp³-hybridized carbons (Fsp3) is 0.611. The Bertz CT molecular complexity index is 620. The number of alkyl halides is 3. The number of hydrogen-bond acceptors (Lipinski definition) is 3. The Morgan fingerprint density at radius 1 is 1.20 bits per heavy atom. The molecule has 2 aliphatic rings. The first-order chi connectivity index (χ1) is 11.9. The van der Waals surface area contributed by atoms with Crippen LogP contribution in [0, 0.1) is 11.8 Å². The standard InChI is InChI=1S/C18H22F3NO3/c1-22(10-12-11-24-15-8-4-5-9-16(15)25-12)17(23)13-6-2-3-7-14(13)18(19,20)21/h4-5,8-9,12-14H,2-3,6-7,10-11H2,1H3. The van der Waals surface area contributed by atoms with Gasteiger partial charge in [0.15, 0.2) is 17.6 Å². The summed E-state index contributed by atoms with van der Waals surface area (Å²) >= 11 is 0. The van der Waals surface area contributed by atoms with Crippen LogP contribution in [0.1, 0.15) is 25.7 Å². The van der Waals surface area contributed by atoms with Crippen LogP contribution in [0.25, 0.3) is 0 Å². The molecule has 1 saturated carbocycles. The first-order valence-corrected chi connectivity index (χ1v) is 8.56. The largest absolute Gasteiger partial charge is 0.486 e. The van der Waals surface area contributed by atoms with Gasteiger partial charge in [0, 0.05) is 13.0 Å². The van der Waals surface area contributed by atoms with Crippen LogP contribution < -0.4 is 9.47 Å². The van der Waals surface area contributed by atoms with Crippen molar-refractivity contribution in [3.05, 3.63) is 24.3 Å². The predicted octanol–water partition coefficient (Wildman–Crippen LogP) is 3.65. The number of likely N-dealkylation sites (N-methyl/N-ethyl adjacent to an activating group) is 1. The molecule has 25 heavy (non-hydrogen) atoms. The normalized spacial score (nSPS) is 26.2. The first-order valence-electron chi connectivity index (χ1n) is 8.56. The fourth-order valence-electron chi connectivity index (χ4n) is 3.65. The van der Waals surface area contributed by atoms with Crippen LogP contribution in [0.3, 0.4) is 0 Å². The van der Waals surface area contributed by atoms with Gasteiger partial charge in [0.05, 0.1) is 12.5 Å². The number of rotatable bonds is 3. The highest BCUT2D eigenvalue weighted by Gasteiger charge is 2.48. The topological polar surface area (TPSA) is 38.8 Å². The molecule has 4 nitrogen and oxygen atoms in total. The van der Waals surface area contributed by atoms with Crippen LogP contribution in [0.15, 0.2) is 24.3 Å². The maximum absolute atomic E-state index is 13.2. The zero-order valence-electron chi connectivity index (χ0n) is 14.1. The summed E-state index contributed by atoms with van der Waals surface area (Å²) < 4.78 is 51.1. The average molecular weight is 357 g/mol. The van der Waals surface area contributed by atoms with E-state index in [4.69, 9.17) is 9.47 Å². The van der Waals surface area contributed by atoms with Gasteiger partial charge in [0.2, 0.25) is 5.91 Å². The van der Waals surface area contributed by atoms with E-state index in [1.807, 2.05) is 12.1 Å². The highest BCUT2D eigenvalue weighted by molar-refractivity contribution is 5.79. The SMILES string of the molecule is CN(CC1COc2ccccc2O1)C(=O)C1CCCCC1C(F)(F)F. The average Bonchev–Trinajstić information content (AvgIpc) is 2.60. The second-order valence-corrected chi connectivity index (χ2v) is 6.76. The summed E-state index contributed by atoms with van der Waals surface area (Å²) in [5.41, 5.74) is 0. The van der Waals surface area contributed by atoms with Gasteiger partial charge >= 0.3 is 6.18 Å². The molecule has 1 aliphatic heterocycles. The monoisotopic (exact) mass is 357 g/mol. The molecule has 1 aromatic carbocycles. The van der Waals surface area contributed by atoms with Crippen LogP contribution in [0.2, 0.25) is 0 Å². The van der Waals surface area contributed by atoms with Gasteiger partial charge in [0.1, 0.15) is 6.61 Å². The van der Waals surface area contributed by atoms with Gasteiger partial charge in [-0.05, 0) is 25.0 Å². The Kier molecular flexibility index (Phi) is 5.11. The first kappa shape index (κ1) is 17.9. The smallest absolute Gasteiger partial charge is 0.392 e. The molecule has 3 rings (SSSR count). The predicted molar refractivity (Wildman–Crippen MR) is 85.5 cm³/mol. The molecule has 3 unspecified atom stereocenters. The summed E-state index contributed by atoms with van der Waals surface area (Å²) in [5, 5.41) is 0. The zero-order chi connectivity index (χ0) is 18.0. The molecular formula is C18H22F3NO3. The lowest BCUT2D eigenvalue weighted by molar-refractivity contribution is -0.200. The van der Waals surface area contributed by atoms with Crippen molar-refractivity contribution >= 4 is 5.91 Å². The van der Waals surface area contributed by atoms with E-state index in [1.54, 1.807) is 12.1 Å². The molecule has 1 fully saturated rings. The summed E-state index contributed by atoms with van der Waals surface area (Å²) in [6, 6.07) is 7.20. The minimum absolute atomic E-state index is 0.0319. The molecule has 1 heterocycles. The van der Waals surface area contributed by atoms with E-state index in [2.05, 4.69) is 0 Å². The van der Waals surface area contributed by atoms with Crippen molar-refractivity contribution in [1.82, 2.24) is 4.90 Å². The Hall–Kier alpha value is -1.92. The minimum Gasteiger partial charge on any atom is -0.486 e. The second-order valence-electron chi connectivity index (χ2n) is 6.76. The highest BCUT2D eigenvalue weighted by atomic mass is 19.4. The van der Waals surface area contributed by atoms with Gasteiger partial charge < -0.3 is 14.4 Å². The quantitative estimate of drug-likeness (QED) is 0.829. The number of amides is 1. The van der Waals surface area contributed by atoms with Gasteiger partial charge in [-0.3, -0.25) is 4.79 Å². The number of hydrogen-bond donors (Lipinski definition) is 0. The Morgan fingerprint density at radius 2 is 1.88 bits per heavy atom. The van der Waals surface area contributed by atoms with E-state index in [0.29, 0.717) is 24.3 Å². The Morgan fingerprint density at radius 3 is 2.60 bits per heavy atom. The van der Waals surface area contributed by atoms with E-state index in [9.17, 15) is 18.0 Å². The maximum Gasteiger partial charge on any atom is 0.392 e. The molecule has 1 aromatic rings. The van der Waals surface area contributed by atoms with Crippen molar-refractivity contribution < 1.29 is 27.4 Å². The molecule has 3 atom stereocenters. The van der Waals surface area contributed by atoms with E-state index in [-0.39, 0.29) is 26.0 Å². The van der Waals surface area contributed by atoms with Gasteiger partial charge in [-0.25, -0.2) is 0 Å². The fourth-order valence-corrected chi connectivity index (χ4v) is 3.65. The number of nitrogens with zero attached hydrogens (tertiary/aromatic N) is 1. The highest BCUT2D eigenvalue weighted by Crippen LogP contribution is 2.42. The Labute approximate surface area is 144 Å². The molecule has 0 radical (unpaired) electrons. The summed E-state index contributed by atoms with van der Waals surface area (Å²) in [6.07, 6.45) is -3.22. The molecule has 0 bridgehead atoms. The maximum atomic E-state index is 13.2. The molecule has 0 saturated heterocycles. The lowest BCUT2D eigenvalue weighted by Gasteiger charge is -2.36. The van der Waals surface area contributed by atoms with Gasteiger partial charge in [-0.15, -0.1) is 0 Å². The zero-order valence-corrected chi connectivity index (χ0v) is 14.1. The third kappa shape index (κ3) is 4.02. The van der Waals surface area contributed by atoms with Gasteiger partial charge in [0.25, 0.3) is 0 Å². The summed E-state index contributed by atoms with van der Waals surface area (Å²) in [6.45, 7) is 0.468. The number of fused-ring (bicyclic) bond motifs is 1. The van der Waals surface area contributed by atoms with Crippen LogP contribution >= 0.6 is 0 Å². The molecular weight excluding hydrogens is 335 g/mol. The van der Waals surface area contributed by atoms with Crippen molar-refractivity contribution in [3.8, 4) is 11.5 Å². The van der Waals surface area contributed by atoms with Crippen molar-refractivity contribution in [2.75, 3.05) is 20.2 Å². The van der Waals surface area contributed by atoms with E-state index >= 15 is 0 Å². The lowest BCUT2D eigenvalue weighted by Crippen LogP contribution is -2.47. The molecule has 0 N–H and O–H groups in total. The van der Waals surface area contributed by atoms with E-state index in [0.717, 1.165) is 0 Å². The van der Waals surface area contributed by atoms with Crippen molar-refractivity contribution in [3.63, 3.8) is 0 Å². The molecule has 0 spiro atoms. The van der Waals surface area contributed by atoms with E-state index < -0.39 is 30.0 Å². The van der Waals surface area contributed by atoms with Crippen LogP contribution in [0.5, 0.6) is 11.5 Å². The summed E-state index contributed by atoms with van der Waals surface area (Å²) in [5.74, 6) is -1.76. The third-order valence-electron chi connectivity index (χ3n) is 4.92. The Balaban J connectivity index is 1.63. The van der Waals surface area contributed by atoms with Crippen LogP contribution in [-0.4, -0.2) is 43.3 Å². The van der Waals surface area contributed by atoms with Crippen molar-refractivity contribution in [1.29, 1.82) is 0 Å². The molecule has 1 aliphatic carbocycles. The number of halogens is 3. The van der Waals surface area contributed by atoms with Gasteiger partial charge in [-0.1, -0.05) is 25.0 Å². The summed E-state index contributed by atoms with van der Waals surface area (Å²) in [4.78, 5) is 14.0. The number of ether oxygens (including phenoxy) is 2. The molecule has 138 valence electrons. The van der Waals surface area contributed by atoms with Crippen LogP contribution in [0.4, 0.5) is 13.2 Å². The molecule has 7 heteroatoms. The minimum atomic E-state index is -4.33. The number of carbonyl (C=O) groups excluding carboxylic acids is 1. The number of benzene rings is 1. The summed E-state index contributed by atoms with van der Waals surface area (Å²) in [7, 11) is 1.54. The third-order valence-corrected chi connectivity index (χ3v) is 4.92. The van der Waals surface area contributed by atoms with Crippen molar-refractivity contribution in [2.24, 2.45) is 11.8 Å². The second kappa shape index (κ2) is 7.14.